The van der Waals surface area contributed by atoms with Gasteiger partial charge in [-0.3, -0.25) is 0 Å². The van der Waals surface area contributed by atoms with Crippen LogP contribution in [0.25, 0.3) is 0 Å². The highest BCUT2D eigenvalue weighted by atomic mass is 16.3. The summed E-state index contributed by atoms with van der Waals surface area (Å²) in [4.78, 5) is 5.14. The van der Waals surface area contributed by atoms with Gasteiger partial charge in [-0.25, -0.2) is 0 Å². The highest BCUT2D eigenvalue weighted by Gasteiger charge is 2.22. The predicted octanol–water partition coefficient (Wildman–Crippen LogP) is -2.54. The van der Waals surface area contributed by atoms with E-state index in [0.717, 1.165) is 19.1 Å². The van der Waals surface area contributed by atoms with Crippen molar-refractivity contribution >= 4 is 0 Å². The number of aliphatic hydroxyl groups excluding tert-OH is 4. The fourth-order valence-electron chi connectivity index (χ4n) is 4.17. The van der Waals surface area contributed by atoms with Crippen LogP contribution in [0, 0.1) is 0 Å². The van der Waals surface area contributed by atoms with E-state index in [9.17, 15) is 0 Å². The summed E-state index contributed by atoms with van der Waals surface area (Å²) in [7, 11) is 0. The lowest BCUT2D eigenvalue weighted by Gasteiger charge is -2.31. The molecule has 0 amide bonds. The van der Waals surface area contributed by atoms with Crippen molar-refractivity contribution in [2.75, 3.05) is 125 Å². The molecule has 0 spiro atoms. The first-order chi connectivity index (χ1) is 17.7. The molecule has 0 saturated carbocycles. The minimum absolute atomic E-state index is 0.139. The first-order valence-electron chi connectivity index (χ1n) is 14.2. The van der Waals surface area contributed by atoms with Crippen molar-refractivity contribution in [1.29, 1.82) is 0 Å². The Hall–Kier alpha value is -0.440. The molecule has 218 valence electrons. The number of piperidine rings is 1. The third-order valence-corrected chi connectivity index (χ3v) is 6.26. The van der Waals surface area contributed by atoms with Crippen LogP contribution >= 0.6 is 0 Å². The van der Waals surface area contributed by atoms with E-state index >= 15 is 0 Å². The van der Waals surface area contributed by atoms with Gasteiger partial charge in [-0.05, 0) is 58.4 Å². The van der Waals surface area contributed by atoms with Gasteiger partial charge in [0.2, 0.25) is 0 Å². The summed E-state index contributed by atoms with van der Waals surface area (Å²) in [5.41, 5.74) is 0. The molecule has 3 heterocycles. The standard InChI is InChI=1S/C9H18N2.C6H16N2O2.C6H14N2.C4H11NO2/c1-2-8-11(7-1)9-3-5-10-6-4-9;9-5-3-7-1-2-8-4-6-10;1-2-8-5-3-7-4-6-8;6-3-1-5-2-4-7/h9-10H,1-8H2;7-10H,1-6H2;7H,2-6H2,1H3;5-7H,1-4H2. The fourth-order valence-corrected chi connectivity index (χ4v) is 4.17. The summed E-state index contributed by atoms with van der Waals surface area (Å²) in [6.07, 6.45) is 5.62. The number of likely N-dealkylation sites (tertiary alicyclic amines) is 1. The molecule has 9 N–H and O–H groups in total. The molecule has 0 aromatic heterocycles. The Morgan fingerprint density at radius 1 is 0.611 bits per heavy atom. The van der Waals surface area contributed by atoms with Gasteiger partial charge < -0.3 is 56.8 Å². The van der Waals surface area contributed by atoms with E-state index in [1.807, 2.05) is 0 Å². The number of hydrogen-bond acceptors (Lipinski definition) is 11. The Kier molecular flexibility index (Phi) is 28.8. The van der Waals surface area contributed by atoms with Gasteiger partial charge in [-0.15, -0.1) is 0 Å². The van der Waals surface area contributed by atoms with Crippen LogP contribution in [-0.2, 0) is 0 Å². The van der Waals surface area contributed by atoms with Crippen LogP contribution in [0.2, 0.25) is 0 Å². The SMILES string of the molecule is C1CCN(C2CCNCC2)C1.CCN1CCNCC1.OCCNCCNCCO.OCCNCCO. The number of nitrogens with one attached hydrogen (secondary N) is 5. The highest BCUT2D eigenvalue weighted by Crippen LogP contribution is 2.17. The van der Waals surface area contributed by atoms with Crippen molar-refractivity contribution in [3.8, 4) is 0 Å². The topological polar surface area (TPSA) is 148 Å². The Balaban J connectivity index is 0.000000462. The maximum absolute atomic E-state index is 8.35. The summed E-state index contributed by atoms with van der Waals surface area (Å²) in [6.45, 7) is 18.2. The van der Waals surface area contributed by atoms with Crippen LogP contribution in [0.5, 0.6) is 0 Å². The van der Waals surface area contributed by atoms with Gasteiger partial charge in [-0.2, -0.15) is 0 Å². The molecule has 3 aliphatic rings. The fraction of sp³-hybridized carbons (Fsp3) is 1.00. The highest BCUT2D eigenvalue weighted by molar-refractivity contribution is 4.80. The van der Waals surface area contributed by atoms with Crippen molar-refractivity contribution in [2.24, 2.45) is 0 Å². The lowest BCUT2D eigenvalue weighted by molar-refractivity contribution is 0.199. The van der Waals surface area contributed by atoms with E-state index in [0.29, 0.717) is 26.2 Å². The van der Waals surface area contributed by atoms with Gasteiger partial charge in [0.05, 0.1) is 26.4 Å². The zero-order valence-corrected chi connectivity index (χ0v) is 23.0. The zero-order chi connectivity index (χ0) is 26.5. The van der Waals surface area contributed by atoms with Gasteiger partial charge >= 0.3 is 0 Å². The van der Waals surface area contributed by atoms with E-state index in [2.05, 4.69) is 43.3 Å². The summed E-state index contributed by atoms with van der Waals surface area (Å²) < 4.78 is 0. The van der Waals surface area contributed by atoms with Crippen LogP contribution in [0.15, 0.2) is 0 Å². The summed E-state index contributed by atoms with van der Waals surface area (Å²) in [5.74, 6) is 0. The molecule has 0 bridgehead atoms. The van der Waals surface area contributed by atoms with E-state index in [4.69, 9.17) is 20.4 Å². The number of aliphatic hydroxyl groups is 4. The molecule has 0 atom stereocenters. The number of rotatable bonds is 13. The zero-order valence-electron chi connectivity index (χ0n) is 23.0. The molecule has 3 aliphatic heterocycles. The summed E-state index contributed by atoms with van der Waals surface area (Å²) >= 11 is 0. The molecule has 11 nitrogen and oxygen atoms in total. The maximum Gasteiger partial charge on any atom is 0.0555 e. The Morgan fingerprint density at radius 2 is 1.03 bits per heavy atom. The molecule has 0 aromatic carbocycles. The number of hydrogen-bond donors (Lipinski definition) is 9. The summed E-state index contributed by atoms with van der Waals surface area (Å²) in [6, 6.07) is 0.916. The van der Waals surface area contributed by atoms with E-state index in [1.54, 1.807) is 0 Å². The van der Waals surface area contributed by atoms with E-state index in [1.165, 1.54) is 84.6 Å². The molecule has 11 heteroatoms. The average molecular weight is 522 g/mol. The van der Waals surface area contributed by atoms with Gasteiger partial charge in [0, 0.05) is 71.5 Å². The average Bonchev–Trinajstić information content (AvgIpc) is 3.48. The molecule has 0 aromatic rings. The minimum atomic E-state index is 0.139. The maximum atomic E-state index is 8.35. The molecular formula is C25H59N7O4. The van der Waals surface area contributed by atoms with Gasteiger partial charge in [0.25, 0.3) is 0 Å². The van der Waals surface area contributed by atoms with Crippen LogP contribution in [0.1, 0.15) is 32.6 Å². The first kappa shape index (κ1) is 35.6. The third-order valence-electron chi connectivity index (χ3n) is 6.26. The summed E-state index contributed by atoms with van der Waals surface area (Å²) in [5, 5.41) is 48.5. The largest absolute Gasteiger partial charge is 0.395 e. The number of piperazine rings is 1. The quantitative estimate of drug-likeness (QED) is 0.118. The Labute approximate surface area is 220 Å². The van der Waals surface area contributed by atoms with Crippen LogP contribution in [-0.4, -0.2) is 161 Å². The lowest BCUT2D eigenvalue weighted by atomic mass is 10.1. The van der Waals surface area contributed by atoms with Crippen molar-refractivity contribution in [2.45, 2.75) is 38.6 Å². The monoisotopic (exact) mass is 521 g/mol. The van der Waals surface area contributed by atoms with Crippen molar-refractivity contribution in [3.63, 3.8) is 0 Å². The normalized spacial score (nSPS) is 18.9. The molecule has 3 saturated heterocycles. The van der Waals surface area contributed by atoms with Crippen LogP contribution in [0.4, 0.5) is 0 Å². The minimum Gasteiger partial charge on any atom is -0.395 e. The lowest BCUT2D eigenvalue weighted by Crippen LogP contribution is -2.43. The molecule has 36 heavy (non-hydrogen) atoms. The first-order valence-corrected chi connectivity index (χ1v) is 14.2. The van der Waals surface area contributed by atoms with Crippen molar-refractivity contribution in [3.05, 3.63) is 0 Å². The Morgan fingerprint density at radius 3 is 1.42 bits per heavy atom. The second-order valence-electron chi connectivity index (χ2n) is 9.05. The van der Waals surface area contributed by atoms with Crippen LogP contribution < -0.4 is 26.6 Å². The third kappa shape index (κ3) is 22.7. The van der Waals surface area contributed by atoms with E-state index in [-0.39, 0.29) is 26.4 Å². The predicted molar refractivity (Wildman–Crippen MR) is 149 cm³/mol. The molecule has 0 unspecified atom stereocenters. The second kappa shape index (κ2) is 29.1. The van der Waals surface area contributed by atoms with Gasteiger partial charge in [0.15, 0.2) is 0 Å². The molecule has 0 aliphatic carbocycles. The molecule has 0 radical (unpaired) electrons. The van der Waals surface area contributed by atoms with Crippen LogP contribution in [0.3, 0.4) is 0 Å². The second-order valence-corrected chi connectivity index (χ2v) is 9.05. The molecular weight excluding hydrogens is 462 g/mol. The van der Waals surface area contributed by atoms with Crippen molar-refractivity contribution < 1.29 is 20.4 Å². The van der Waals surface area contributed by atoms with Gasteiger partial charge in [0.1, 0.15) is 0 Å². The Bertz CT molecular complexity index is 398. The smallest absolute Gasteiger partial charge is 0.0555 e. The van der Waals surface area contributed by atoms with E-state index < -0.39 is 0 Å². The molecule has 3 rings (SSSR count). The number of nitrogens with zero attached hydrogens (tertiary/aromatic N) is 2. The van der Waals surface area contributed by atoms with Gasteiger partial charge in [-0.1, -0.05) is 6.92 Å². The number of likely N-dealkylation sites (N-methyl/N-ethyl adjacent to an activating group) is 1. The molecule has 3 fully saturated rings. The van der Waals surface area contributed by atoms with Crippen molar-refractivity contribution in [1.82, 2.24) is 36.4 Å².